The van der Waals surface area contributed by atoms with Gasteiger partial charge in [-0.25, -0.2) is 5.01 Å². The highest BCUT2D eigenvalue weighted by Crippen LogP contribution is 2.47. The average Bonchev–Trinajstić information content (AvgIpc) is 3.14. The first kappa shape index (κ1) is 16.8. The summed E-state index contributed by atoms with van der Waals surface area (Å²) in [5, 5.41) is 7.75. The Hall–Kier alpha value is -2.30. The Morgan fingerprint density at radius 3 is 2.52 bits per heavy atom. The molecule has 5 heteroatoms. The molecular weight excluding hydrogens is 424 g/mol. The van der Waals surface area contributed by atoms with Crippen molar-refractivity contribution in [3.05, 3.63) is 99.0 Å². The number of benzene rings is 3. The first-order valence-electron chi connectivity index (χ1n) is 8.82. The van der Waals surface area contributed by atoms with Gasteiger partial charge in [0, 0.05) is 32.6 Å². The van der Waals surface area contributed by atoms with Crippen molar-refractivity contribution < 1.29 is 4.74 Å². The smallest absolute Gasteiger partial charge is 0.213 e. The molecule has 0 N–H and O–H groups in total. The Morgan fingerprint density at radius 1 is 0.963 bits per heavy atom. The average molecular weight is 440 g/mol. The van der Waals surface area contributed by atoms with Gasteiger partial charge < -0.3 is 4.74 Å². The minimum absolute atomic E-state index is 0.134. The molecule has 3 aromatic carbocycles. The SMILES string of the molecule is Clc1ccccc1C1=NN2[C@H](C1)c1ccccc1O[C@H]2c1ccc(Br)cc1. The fraction of sp³-hybridized carbons (Fsp3) is 0.136. The number of hydrogen-bond acceptors (Lipinski definition) is 3. The van der Waals surface area contributed by atoms with E-state index in [1.54, 1.807) is 0 Å². The molecule has 0 amide bonds. The maximum atomic E-state index is 6.44. The standard InChI is InChI=1S/C22H16BrClN2O/c23-15-11-9-14(10-12-15)22-26-20(17-6-2-4-8-21(17)27-22)13-19(25-26)16-5-1-3-7-18(16)24/h1-12,20,22H,13H2/t20-,22+/m1/s1. The number of ether oxygens (including phenoxy) is 1. The van der Waals surface area contributed by atoms with E-state index in [9.17, 15) is 0 Å². The van der Waals surface area contributed by atoms with Crippen LogP contribution in [-0.4, -0.2) is 10.7 Å². The molecule has 0 aliphatic carbocycles. The van der Waals surface area contributed by atoms with Gasteiger partial charge in [-0.3, -0.25) is 0 Å². The summed E-state index contributed by atoms with van der Waals surface area (Å²) < 4.78 is 7.40. The Balaban J connectivity index is 1.61. The molecule has 0 bridgehead atoms. The van der Waals surface area contributed by atoms with Crippen LogP contribution >= 0.6 is 27.5 Å². The molecule has 0 aromatic heterocycles. The van der Waals surface area contributed by atoms with Gasteiger partial charge in [0.25, 0.3) is 0 Å². The highest BCUT2D eigenvalue weighted by atomic mass is 79.9. The van der Waals surface area contributed by atoms with Crippen LogP contribution in [0.3, 0.4) is 0 Å². The second-order valence-corrected chi connectivity index (χ2v) is 8.01. The molecule has 0 spiro atoms. The lowest BCUT2D eigenvalue weighted by atomic mass is 9.96. The normalized spacial score (nSPS) is 20.5. The van der Waals surface area contributed by atoms with Crippen LogP contribution in [-0.2, 0) is 0 Å². The largest absolute Gasteiger partial charge is 0.464 e. The molecule has 2 aliphatic heterocycles. The van der Waals surface area contributed by atoms with Crippen LogP contribution in [0.4, 0.5) is 0 Å². The molecule has 3 aromatic rings. The monoisotopic (exact) mass is 438 g/mol. The predicted molar refractivity (Wildman–Crippen MR) is 111 cm³/mol. The number of rotatable bonds is 2. The second-order valence-electron chi connectivity index (χ2n) is 6.69. The van der Waals surface area contributed by atoms with Crippen LogP contribution in [0, 0.1) is 0 Å². The Kier molecular flexibility index (Phi) is 4.18. The van der Waals surface area contributed by atoms with E-state index in [4.69, 9.17) is 21.4 Å². The zero-order valence-electron chi connectivity index (χ0n) is 14.3. The summed E-state index contributed by atoms with van der Waals surface area (Å²) >= 11 is 9.94. The molecule has 2 heterocycles. The number of nitrogens with zero attached hydrogens (tertiary/aromatic N) is 2. The van der Waals surface area contributed by atoms with Gasteiger partial charge in [-0.1, -0.05) is 76.1 Å². The summed E-state index contributed by atoms with van der Waals surface area (Å²) in [5.41, 5.74) is 4.21. The van der Waals surface area contributed by atoms with Crippen LogP contribution in [0.25, 0.3) is 0 Å². The number of hydrazone groups is 1. The molecule has 3 nitrogen and oxygen atoms in total. The third-order valence-electron chi connectivity index (χ3n) is 5.04. The molecule has 0 radical (unpaired) electrons. The fourth-order valence-electron chi connectivity index (χ4n) is 3.74. The van der Waals surface area contributed by atoms with Crippen LogP contribution in [0.2, 0.25) is 5.02 Å². The van der Waals surface area contributed by atoms with E-state index < -0.39 is 0 Å². The zero-order chi connectivity index (χ0) is 18.4. The van der Waals surface area contributed by atoms with Crippen molar-refractivity contribution in [1.29, 1.82) is 0 Å². The number of halogens is 2. The maximum absolute atomic E-state index is 6.44. The Labute approximate surface area is 171 Å². The number of fused-ring (bicyclic) bond motifs is 3. The van der Waals surface area contributed by atoms with Gasteiger partial charge in [-0.2, -0.15) is 5.10 Å². The highest BCUT2D eigenvalue weighted by molar-refractivity contribution is 9.10. The van der Waals surface area contributed by atoms with Crippen LogP contribution in [0.5, 0.6) is 5.75 Å². The Morgan fingerprint density at radius 2 is 1.70 bits per heavy atom. The zero-order valence-corrected chi connectivity index (χ0v) is 16.7. The van der Waals surface area contributed by atoms with E-state index >= 15 is 0 Å². The molecule has 27 heavy (non-hydrogen) atoms. The fourth-order valence-corrected chi connectivity index (χ4v) is 4.25. The van der Waals surface area contributed by atoms with Crippen molar-refractivity contribution in [2.24, 2.45) is 5.10 Å². The van der Waals surface area contributed by atoms with Crippen molar-refractivity contribution in [1.82, 2.24) is 5.01 Å². The van der Waals surface area contributed by atoms with Crippen molar-refractivity contribution in [2.45, 2.75) is 18.7 Å². The van der Waals surface area contributed by atoms with Crippen molar-refractivity contribution >= 4 is 33.2 Å². The van der Waals surface area contributed by atoms with E-state index in [1.165, 1.54) is 0 Å². The summed E-state index contributed by atoms with van der Waals surface area (Å²) in [6, 6.07) is 24.4. The van der Waals surface area contributed by atoms with Crippen molar-refractivity contribution in [3.63, 3.8) is 0 Å². The molecule has 0 saturated heterocycles. The van der Waals surface area contributed by atoms with Gasteiger partial charge in [0.1, 0.15) is 5.75 Å². The van der Waals surface area contributed by atoms with Crippen molar-refractivity contribution in [3.8, 4) is 5.75 Å². The minimum Gasteiger partial charge on any atom is -0.464 e. The summed E-state index contributed by atoms with van der Waals surface area (Å²) in [6.45, 7) is 0. The first-order chi connectivity index (χ1) is 13.2. The molecule has 2 atom stereocenters. The Bertz CT molecular complexity index is 1030. The first-order valence-corrected chi connectivity index (χ1v) is 9.99. The molecule has 134 valence electrons. The molecule has 5 rings (SSSR count). The molecule has 0 fully saturated rings. The lowest BCUT2D eigenvalue weighted by molar-refractivity contribution is -0.0190. The minimum atomic E-state index is -0.266. The van der Waals surface area contributed by atoms with Crippen LogP contribution in [0.1, 0.15) is 35.4 Å². The van der Waals surface area contributed by atoms with E-state index in [2.05, 4.69) is 39.1 Å². The van der Waals surface area contributed by atoms with E-state index in [0.29, 0.717) is 0 Å². The number of hydrogen-bond donors (Lipinski definition) is 0. The van der Waals surface area contributed by atoms with Gasteiger partial charge in [0.15, 0.2) is 0 Å². The van der Waals surface area contributed by atoms with Gasteiger partial charge in [0.05, 0.1) is 11.8 Å². The maximum Gasteiger partial charge on any atom is 0.213 e. The topological polar surface area (TPSA) is 24.8 Å². The summed E-state index contributed by atoms with van der Waals surface area (Å²) in [4.78, 5) is 0. The second kappa shape index (κ2) is 6.70. The lowest BCUT2D eigenvalue weighted by Crippen LogP contribution is -2.33. The molecule has 0 unspecified atom stereocenters. The van der Waals surface area contributed by atoms with E-state index in [1.807, 2.05) is 54.6 Å². The molecular formula is C22H16BrClN2O. The van der Waals surface area contributed by atoms with Crippen LogP contribution in [0.15, 0.2) is 82.4 Å². The predicted octanol–water partition coefficient (Wildman–Crippen LogP) is 6.34. The quantitative estimate of drug-likeness (QED) is 0.465. The van der Waals surface area contributed by atoms with E-state index in [-0.39, 0.29) is 12.3 Å². The molecule has 2 aliphatic rings. The summed E-state index contributed by atoms with van der Waals surface area (Å²) in [6.07, 6.45) is 0.537. The van der Waals surface area contributed by atoms with Gasteiger partial charge in [-0.15, -0.1) is 0 Å². The van der Waals surface area contributed by atoms with Crippen molar-refractivity contribution in [2.75, 3.05) is 0 Å². The van der Waals surface area contributed by atoms with Crippen LogP contribution < -0.4 is 4.74 Å². The third-order valence-corrected chi connectivity index (χ3v) is 5.90. The van der Waals surface area contributed by atoms with E-state index in [0.717, 1.165) is 44.1 Å². The summed E-state index contributed by atoms with van der Waals surface area (Å²) in [7, 11) is 0. The molecule has 0 saturated carbocycles. The van der Waals surface area contributed by atoms with Gasteiger partial charge >= 0.3 is 0 Å². The number of para-hydroxylation sites is 1. The van der Waals surface area contributed by atoms with Gasteiger partial charge in [0.2, 0.25) is 6.23 Å². The highest BCUT2D eigenvalue weighted by Gasteiger charge is 2.41. The summed E-state index contributed by atoms with van der Waals surface area (Å²) in [5.74, 6) is 0.919. The lowest BCUT2D eigenvalue weighted by Gasteiger charge is -2.38. The third kappa shape index (κ3) is 2.93. The van der Waals surface area contributed by atoms with Gasteiger partial charge in [-0.05, 0) is 24.3 Å².